The van der Waals surface area contributed by atoms with Crippen molar-refractivity contribution in [2.75, 3.05) is 39.5 Å². The van der Waals surface area contributed by atoms with Crippen LogP contribution in [0.15, 0.2) is 30.3 Å². The van der Waals surface area contributed by atoms with Crippen LogP contribution in [0.4, 0.5) is 0 Å². The zero-order chi connectivity index (χ0) is 13.8. The molecule has 0 saturated carbocycles. The normalized spacial score (nSPS) is 32.1. The number of ether oxygens (including phenoxy) is 2. The molecule has 1 N–H and O–H groups in total. The average Bonchev–Trinajstić information content (AvgIpc) is 2.49. The Balaban J connectivity index is 1.69. The Labute approximate surface area is 121 Å². The molecule has 3 unspecified atom stereocenters. The highest BCUT2D eigenvalue weighted by Crippen LogP contribution is 2.24. The van der Waals surface area contributed by atoms with E-state index in [-0.39, 0.29) is 6.10 Å². The quantitative estimate of drug-likeness (QED) is 0.906. The summed E-state index contributed by atoms with van der Waals surface area (Å²) in [5, 5.41) is 3.58. The van der Waals surface area contributed by atoms with E-state index in [2.05, 4.69) is 47.5 Å². The fraction of sp³-hybridized carbons (Fsp3) is 0.625. The molecule has 0 amide bonds. The monoisotopic (exact) mass is 276 g/mol. The van der Waals surface area contributed by atoms with Crippen molar-refractivity contribution in [3.8, 4) is 0 Å². The third-order valence-electron chi connectivity index (χ3n) is 4.12. The van der Waals surface area contributed by atoms with Crippen LogP contribution in [-0.4, -0.2) is 56.5 Å². The van der Waals surface area contributed by atoms with Gasteiger partial charge in [0.1, 0.15) is 0 Å². The van der Waals surface area contributed by atoms with Crippen molar-refractivity contribution in [3.05, 3.63) is 35.9 Å². The van der Waals surface area contributed by atoms with Crippen LogP contribution in [0.3, 0.4) is 0 Å². The topological polar surface area (TPSA) is 33.7 Å². The Bertz CT molecular complexity index is 406. The first kappa shape index (κ1) is 14.0. The van der Waals surface area contributed by atoms with E-state index >= 15 is 0 Å². The second-order valence-corrected chi connectivity index (χ2v) is 5.76. The molecule has 2 aliphatic rings. The molecule has 20 heavy (non-hydrogen) atoms. The fourth-order valence-electron chi connectivity index (χ4n) is 3.09. The minimum absolute atomic E-state index is 0.209. The van der Waals surface area contributed by atoms with Crippen LogP contribution in [0, 0.1) is 0 Å². The van der Waals surface area contributed by atoms with Gasteiger partial charge in [-0.1, -0.05) is 30.3 Å². The zero-order valence-corrected chi connectivity index (χ0v) is 12.1. The van der Waals surface area contributed by atoms with Gasteiger partial charge in [-0.3, -0.25) is 4.90 Å². The molecule has 0 aliphatic carbocycles. The summed E-state index contributed by atoms with van der Waals surface area (Å²) in [7, 11) is 0. The van der Waals surface area contributed by atoms with Gasteiger partial charge in [-0.2, -0.15) is 0 Å². The van der Waals surface area contributed by atoms with Crippen LogP contribution < -0.4 is 5.32 Å². The summed E-state index contributed by atoms with van der Waals surface area (Å²) in [5.41, 5.74) is 1.38. The highest BCUT2D eigenvalue weighted by Gasteiger charge is 2.29. The summed E-state index contributed by atoms with van der Waals surface area (Å²) in [6.07, 6.45) is 0.209. The highest BCUT2D eigenvalue weighted by atomic mass is 16.6. The molecule has 2 fully saturated rings. The van der Waals surface area contributed by atoms with Crippen LogP contribution in [0.2, 0.25) is 0 Å². The van der Waals surface area contributed by atoms with Crippen LogP contribution in [0.5, 0.6) is 0 Å². The van der Waals surface area contributed by atoms with E-state index in [4.69, 9.17) is 9.47 Å². The first-order valence-electron chi connectivity index (χ1n) is 7.54. The van der Waals surface area contributed by atoms with E-state index in [0.717, 1.165) is 39.5 Å². The Morgan fingerprint density at radius 2 is 2.10 bits per heavy atom. The number of benzene rings is 1. The first-order chi connectivity index (χ1) is 9.83. The number of nitrogens with zero attached hydrogens (tertiary/aromatic N) is 1. The largest absolute Gasteiger partial charge is 0.376 e. The molecule has 110 valence electrons. The van der Waals surface area contributed by atoms with Gasteiger partial charge in [0.05, 0.1) is 25.9 Å². The lowest BCUT2D eigenvalue weighted by Crippen LogP contribution is -2.54. The van der Waals surface area contributed by atoms with Gasteiger partial charge in [0.15, 0.2) is 0 Å². The molecule has 3 rings (SSSR count). The number of hydrogen-bond donors (Lipinski definition) is 1. The third kappa shape index (κ3) is 3.38. The Morgan fingerprint density at radius 3 is 2.85 bits per heavy atom. The lowest BCUT2D eigenvalue weighted by molar-refractivity contribution is -0.103. The SMILES string of the molecule is CC1CN(CC2COCCO2)C(c2ccccc2)CN1. The number of piperazine rings is 1. The predicted molar refractivity (Wildman–Crippen MR) is 78.8 cm³/mol. The van der Waals surface area contributed by atoms with Crippen LogP contribution in [0.1, 0.15) is 18.5 Å². The maximum absolute atomic E-state index is 5.81. The molecule has 0 spiro atoms. The molecule has 0 aromatic heterocycles. The Kier molecular flexibility index (Phi) is 4.68. The standard InChI is InChI=1S/C16H24N2O2/c1-13-10-18(11-15-12-19-7-8-20-15)16(9-17-13)14-5-3-2-4-6-14/h2-6,13,15-17H,7-12H2,1H3. The van der Waals surface area contributed by atoms with Gasteiger partial charge in [-0.15, -0.1) is 0 Å². The molecule has 1 aromatic rings. The minimum atomic E-state index is 0.209. The summed E-state index contributed by atoms with van der Waals surface area (Å²) < 4.78 is 11.3. The van der Waals surface area contributed by atoms with Crippen LogP contribution >= 0.6 is 0 Å². The second kappa shape index (κ2) is 6.68. The van der Waals surface area contributed by atoms with Crippen molar-refractivity contribution in [1.29, 1.82) is 0 Å². The van der Waals surface area contributed by atoms with Gasteiger partial charge in [-0.05, 0) is 12.5 Å². The van der Waals surface area contributed by atoms with E-state index in [0.29, 0.717) is 12.1 Å². The number of hydrogen-bond acceptors (Lipinski definition) is 4. The second-order valence-electron chi connectivity index (χ2n) is 5.76. The molecule has 2 heterocycles. The summed E-state index contributed by atoms with van der Waals surface area (Å²) in [5.74, 6) is 0. The van der Waals surface area contributed by atoms with Crippen LogP contribution in [0.25, 0.3) is 0 Å². The van der Waals surface area contributed by atoms with E-state index in [1.807, 2.05) is 0 Å². The first-order valence-corrected chi connectivity index (χ1v) is 7.54. The summed E-state index contributed by atoms with van der Waals surface area (Å²) in [4.78, 5) is 2.54. The van der Waals surface area contributed by atoms with E-state index in [9.17, 15) is 0 Å². The molecule has 0 radical (unpaired) electrons. The van der Waals surface area contributed by atoms with E-state index < -0.39 is 0 Å². The van der Waals surface area contributed by atoms with E-state index in [1.165, 1.54) is 5.56 Å². The third-order valence-corrected chi connectivity index (χ3v) is 4.12. The van der Waals surface area contributed by atoms with Crippen molar-refractivity contribution >= 4 is 0 Å². The van der Waals surface area contributed by atoms with Crippen LogP contribution in [-0.2, 0) is 9.47 Å². The number of nitrogens with one attached hydrogen (secondary N) is 1. The van der Waals surface area contributed by atoms with Gasteiger partial charge in [0.2, 0.25) is 0 Å². The molecule has 4 heteroatoms. The van der Waals surface area contributed by atoms with Crippen molar-refractivity contribution in [3.63, 3.8) is 0 Å². The van der Waals surface area contributed by atoms with E-state index in [1.54, 1.807) is 0 Å². The lowest BCUT2D eigenvalue weighted by Gasteiger charge is -2.41. The maximum Gasteiger partial charge on any atom is 0.0936 e. The van der Waals surface area contributed by atoms with Crippen molar-refractivity contribution in [1.82, 2.24) is 10.2 Å². The van der Waals surface area contributed by atoms with Gasteiger partial charge in [0, 0.05) is 31.7 Å². The summed E-state index contributed by atoms with van der Waals surface area (Å²) >= 11 is 0. The Hall–Kier alpha value is -0.940. The van der Waals surface area contributed by atoms with Gasteiger partial charge in [-0.25, -0.2) is 0 Å². The minimum Gasteiger partial charge on any atom is -0.376 e. The highest BCUT2D eigenvalue weighted by molar-refractivity contribution is 5.20. The van der Waals surface area contributed by atoms with Crippen molar-refractivity contribution in [2.45, 2.75) is 25.1 Å². The zero-order valence-electron chi connectivity index (χ0n) is 12.1. The molecule has 2 saturated heterocycles. The van der Waals surface area contributed by atoms with Crippen molar-refractivity contribution < 1.29 is 9.47 Å². The van der Waals surface area contributed by atoms with Gasteiger partial charge in [0.25, 0.3) is 0 Å². The molecule has 3 atom stereocenters. The molecular formula is C16H24N2O2. The Morgan fingerprint density at radius 1 is 1.25 bits per heavy atom. The molecule has 2 aliphatic heterocycles. The summed E-state index contributed by atoms with van der Waals surface area (Å²) in [6, 6.07) is 11.7. The number of rotatable bonds is 3. The maximum atomic E-state index is 5.81. The fourth-order valence-corrected chi connectivity index (χ4v) is 3.09. The summed E-state index contributed by atoms with van der Waals surface area (Å²) in [6.45, 7) is 7.43. The lowest BCUT2D eigenvalue weighted by atomic mass is 10.0. The van der Waals surface area contributed by atoms with Gasteiger partial charge < -0.3 is 14.8 Å². The predicted octanol–water partition coefficient (Wildman–Crippen LogP) is 1.44. The van der Waals surface area contributed by atoms with Crippen molar-refractivity contribution in [2.24, 2.45) is 0 Å². The molecule has 4 nitrogen and oxygen atoms in total. The molecule has 1 aromatic carbocycles. The van der Waals surface area contributed by atoms with Gasteiger partial charge >= 0.3 is 0 Å². The average molecular weight is 276 g/mol. The smallest absolute Gasteiger partial charge is 0.0936 e. The molecule has 0 bridgehead atoms. The molecular weight excluding hydrogens is 252 g/mol.